The SMILES string of the molecule is Cc1ncsc1C(=O)N1CCC[C@H]1C(=O)O. The number of carboxylic acid groups (broad SMARTS) is 1. The summed E-state index contributed by atoms with van der Waals surface area (Å²) in [5, 5.41) is 8.99. The van der Waals surface area contributed by atoms with Gasteiger partial charge in [-0.2, -0.15) is 0 Å². The summed E-state index contributed by atoms with van der Waals surface area (Å²) in [5.74, 6) is -1.13. The third-order valence-corrected chi connectivity index (χ3v) is 3.66. The average molecular weight is 240 g/mol. The van der Waals surface area contributed by atoms with Crippen LogP contribution in [0.4, 0.5) is 0 Å². The smallest absolute Gasteiger partial charge is 0.326 e. The second kappa shape index (κ2) is 4.21. The first kappa shape index (κ1) is 11.1. The first-order chi connectivity index (χ1) is 7.61. The summed E-state index contributed by atoms with van der Waals surface area (Å²) in [5.41, 5.74) is 2.28. The molecule has 0 saturated carbocycles. The minimum absolute atomic E-state index is 0.204. The van der Waals surface area contributed by atoms with E-state index in [4.69, 9.17) is 5.11 Å². The molecule has 1 aliphatic heterocycles. The molecule has 1 N–H and O–H groups in total. The van der Waals surface area contributed by atoms with Crippen LogP contribution in [-0.2, 0) is 4.79 Å². The number of hydrogen-bond donors (Lipinski definition) is 1. The van der Waals surface area contributed by atoms with E-state index in [-0.39, 0.29) is 5.91 Å². The van der Waals surface area contributed by atoms with Gasteiger partial charge in [0.05, 0.1) is 11.2 Å². The second-order valence-corrected chi connectivity index (χ2v) is 4.62. The minimum atomic E-state index is -0.923. The molecule has 1 aromatic rings. The number of rotatable bonds is 2. The number of amides is 1. The molecule has 6 heteroatoms. The van der Waals surface area contributed by atoms with E-state index < -0.39 is 12.0 Å². The summed E-state index contributed by atoms with van der Waals surface area (Å²) in [6, 6.07) is -0.672. The molecule has 1 saturated heterocycles. The Balaban J connectivity index is 2.22. The van der Waals surface area contributed by atoms with Crippen LogP contribution in [0.2, 0.25) is 0 Å². The van der Waals surface area contributed by atoms with Crippen LogP contribution in [0.15, 0.2) is 5.51 Å². The zero-order chi connectivity index (χ0) is 11.7. The van der Waals surface area contributed by atoms with Crippen LogP contribution in [-0.4, -0.2) is 39.5 Å². The van der Waals surface area contributed by atoms with Gasteiger partial charge < -0.3 is 10.0 Å². The fraction of sp³-hybridized carbons (Fsp3) is 0.500. The standard InChI is InChI=1S/C10H12N2O3S/c1-6-8(16-5-11-6)9(13)12-4-2-3-7(12)10(14)15/h5,7H,2-4H2,1H3,(H,14,15)/t7-/m0/s1. The maximum absolute atomic E-state index is 12.1. The van der Waals surface area contributed by atoms with Crippen molar-refractivity contribution in [3.63, 3.8) is 0 Å². The van der Waals surface area contributed by atoms with E-state index in [9.17, 15) is 9.59 Å². The van der Waals surface area contributed by atoms with Crippen LogP contribution < -0.4 is 0 Å². The summed E-state index contributed by atoms with van der Waals surface area (Å²) in [7, 11) is 0. The van der Waals surface area contributed by atoms with E-state index in [0.717, 1.165) is 6.42 Å². The fourth-order valence-electron chi connectivity index (χ4n) is 1.90. The third kappa shape index (κ3) is 1.80. The van der Waals surface area contributed by atoms with E-state index in [1.807, 2.05) is 0 Å². The van der Waals surface area contributed by atoms with Crippen LogP contribution in [0.3, 0.4) is 0 Å². The average Bonchev–Trinajstić information content (AvgIpc) is 2.84. The van der Waals surface area contributed by atoms with Crippen LogP contribution in [0, 0.1) is 6.92 Å². The number of carbonyl (C=O) groups excluding carboxylic acids is 1. The quantitative estimate of drug-likeness (QED) is 0.841. The van der Waals surface area contributed by atoms with E-state index >= 15 is 0 Å². The molecule has 0 unspecified atom stereocenters. The molecular formula is C10H12N2O3S. The predicted molar refractivity (Wildman–Crippen MR) is 58.5 cm³/mol. The lowest BCUT2D eigenvalue weighted by atomic mass is 10.2. The summed E-state index contributed by atoms with van der Waals surface area (Å²) >= 11 is 1.26. The highest BCUT2D eigenvalue weighted by Gasteiger charge is 2.35. The maximum atomic E-state index is 12.1. The number of aryl methyl sites for hydroxylation is 1. The van der Waals surface area contributed by atoms with Crippen LogP contribution in [0.1, 0.15) is 28.2 Å². The Labute approximate surface area is 96.7 Å². The van der Waals surface area contributed by atoms with Crippen LogP contribution in [0.5, 0.6) is 0 Å². The largest absolute Gasteiger partial charge is 0.480 e. The van der Waals surface area contributed by atoms with Gasteiger partial charge in [0, 0.05) is 6.54 Å². The van der Waals surface area contributed by atoms with Gasteiger partial charge in [0.1, 0.15) is 10.9 Å². The molecule has 1 fully saturated rings. The second-order valence-electron chi connectivity index (χ2n) is 3.76. The molecule has 5 nitrogen and oxygen atoms in total. The van der Waals surface area contributed by atoms with E-state index in [1.165, 1.54) is 16.2 Å². The molecule has 2 rings (SSSR count). The molecule has 1 amide bonds. The zero-order valence-electron chi connectivity index (χ0n) is 8.84. The van der Waals surface area contributed by atoms with Crippen molar-refractivity contribution in [2.24, 2.45) is 0 Å². The molecule has 1 aromatic heterocycles. The number of aromatic nitrogens is 1. The van der Waals surface area contributed by atoms with E-state index in [0.29, 0.717) is 23.5 Å². The predicted octanol–water partition coefficient (Wildman–Crippen LogP) is 1.14. The van der Waals surface area contributed by atoms with Crippen LogP contribution in [0.25, 0.3) is 0 Å². The summed E-state index contributed by atoms with van der Waals surface area (Å²) in [4.78, 5) is 29.0. The Bertz CT molecular complexity index is 429. The van der Waals surface area contributed by atoms with Gasteiger partial charge in [-0.3, -0.25) is 4.79 Å². The number of likely N-dealkylation sites (tertiary alicyclic amines) is 1. The number of nitrogens with zero attached hydrogens (tertiary/aromatic N) is 2. The lowest BCUT2D eigenvalue weighted by molar-refractivity contribution is -0.141. The molecular weight excluding hydrogens is 228 g/mol. The number of hydrogen-bond acceptors (Lipinski definition) is 4. The Morgan fingerprint density at radius 1 is 1.62 bits per heavy atom. The summed E-state index contributed by atoms with van der Waals surface area (Å²) < 4.78 is 0. The lowest BCUT2D eigenvalue weighted by Gasteiger charge is -2.20. The summed E-state index contributed by atoms with van der Waals surface area (Å²) in [6.45, 7) is 2.28. The highest BCUT2D eigenvalue weighted by molar-refractivity contribution is 7.11. The summed E-state index contributed by atoms with van der Waals surface area (Å²) in [6.07, 6.45) is 1.29. The van der Waals surface area contributed by atoms with Gasteiger partial charge in [-0.1, -0.05) is 0 Å². The molecule has 0 aliphatic carbocycles. The molecule has 0 aromatic carbocycles. The van der Waals surface area contributed by atoms with Gasteiger partial charge >= 0.3 is 5.97 Å². The Morgan fingerprint density at radius 3 is 2.94 bits per heavy atom. The molecule has 0 bridgehead atoms. The number of carboxylic acids is 1. The highest BCUT2D eigenvalue weighted by Crippen LogP contribution is 2.23. The number of aliphatic carboxylic acids is 1. The molecule has 1 aliphatic rings. The van der Waals surface area contributed by atoms with Gasteiger partial charge in [-0.05, 0) is 19.8 Å². The van der Waals surface area contributed by atoms with E-state index in [1.54, 1.807) is 12.4 Å². The van der Waals surface area contributed by atoms with E-state index in [2.05, 4.69) is 4.98 Å². The number of thiazole rings is 1. The topological polar surface area (TPSA) is 70.5 Å². The third-order valence-electron chi connectivity index (χ3n) is 2.74. The lowest BCUT2D eigenvalue weighted by Crippen LogP contribution is -2.40. The molecule has 2 heterocycles. The maximum Gasteiger partial charge on any atom is 0.326 e. The van der Waals surface area contributed by atoms with Crippen molar-refractivity contribution in [3.8, 4) is 0 Å². The van der Waals surface area contributed by atoms with Gasteiger partial charge in [0.15, 0.2) is 0 Å². The van der Waals surface area contributed by atoms with Gasteiger partial charge in [-0.25, -0.2) is 9.78 Å². The van der Waals surface area contributed by atoms with Crippen molar-refractivity contribution in [2.45, 2.75) is 25.8 Å². The minimum Gasteiger partial charge on any atom is -0.480 e. The first-order valence-corrected chi connectivity index (χ1v) is 5.93. The fourth-order valence-corrected chi connectivity index (χ4v) is 2.66. The molecule has 16 heavy (non-hydrogen) atoms. The van der Waals surface area contributed by atoms with Crippen LogP contribution >= 0.6 is 11.3 Å². The highest BCUT2D eigenvalue weighted by atomic mass is 32.1. The van der Waals surface area contributed by atoms with Crippen molar-refractivity contribution in [1.82, 2.24) is 9.88 Å². The van der Waals surface area contributed by atoms with Crippen molar-refractivity contribution < 1.29 is 14.7 Å². The molecule has 0 radical (unpaired) electrons. The number of carbonyl (C=O) groups is 2. The van der Waals surface area contributed by atoms with Gasteiger partial charge in [0.2, 0.25) is 0 Å². The Morgan fingerprint density at radius 2 is 2.38 bits per heavy atom. The van der Waals surface area contributed by atoms with Crippen molar-refractivity contribution >= 4 is 23.2 Å². The van der Waals surface area contributed by atoms with Gasteiger partial charge in [0.25, 0.3) is 5.91 Å². The van der Waals surface area contributed by atoms with Crippen molar-refractivity contribution in [2.75, 3.05) is 6.54 Å². The monoisotopic (exact) mass is 240 g/mol. The molecule has 86 valence electrons. The van der Waals surface area contributed by atoms with Crippen molar-refractivity contribution in [1.29, 1.82) is 0 Å². The molecule has 1 atom stereocenters. The molecule has 0 spiro atoms. The Kier molecular flexibility index (Phi) is 2.91. The van der Waals surface area contributed by atoms with Crippen molar-refractivity contribution in [3.05, 3.63) is 16.1 Å². The Hall–Kier alpha value is -1.43. The normalized spacial score (nSPS) is 20.1. The van der Waals surface area contributed by atoms with Gasteiger partial charge in [-0.15, -0.1) is 11.3 Å². The first-order valence-electron chi connectivity index (χ1n) is 5.05. The zero-order valence-corrected chi connectivity index (χ0v) is 9.66.